The van der Waals surface area contributed by atoms with Crippen molar-refractivity contribution in [2.45, 2.75) is 24.8 Å². The predicted octanol–water partition coefficient (Wildman–Crippen LogP) is 3.93. The summed E-state index contributed by atoms with van der Waals surface area (Å²) in [6.45, 7) is 2.16. The lowest BCUT2D eigenvalue weighted by Gasteiger charge is -2.34. The van der Waals surface area contributed by atoms with Crippen LogP contribution >= 0.6 is 12.4 Å². The van der Waals surface area contributed by atoms with Crippen LogP contribution in [0.1, 0.15) is 24.5 Å². The normalized spacial score (nSPS) is 12.5. The van der Waals surface area contributed by atoms with Crippen molar-refractivity contribution in [3.8, 4) is 0 Å². The number of benzene rings is 2. The van der Waals surface area contributed by atoms with Crippen LogP contribution in [0.15, 0.2) is 60.7 Å². The second-order valence-electron chi connectivity index (χ2n) is 5.84. The average molecular weight is 318 g/mol. The highest BCUT2D eigenvalue weighted by Gasteiger charge is 2.35. The largest absolute Gasteiger partial charge is 0.307 e. The standard InChI is InChI=1S/C19H23NO.ClH/c1-16(20(2)3)14-19(15-21,17-10-6-4-7-11-17)18-12-8-5-9-13-18;/h4-13,15-16H,14H2,1-3H3;1H. The number of rotatable bonds is 6. The van der Waals surface area contributed by atoms with Gasteiger partial charge in [-0.15, -0.1) is 12.4 Å². The van der Waals surface area contributed by atoms with E-state index in [0.717, 1.165) is 23.8 Å². The summed E-state index contributed by atoms with van der Waals surface area (Å²) in [5.74, 6) is 0. The Balaban J connectivity index is 0.00000242. The molecule has 0 N–H and O–H groups in total. The zero-order chi connectivity index (χ0) is 15.3. The fraction of sp³-hybridized carbons (Fsp3) is 0.316. The van der Waals surface area contributed by atoms with Gasteiger partial charge in [-0.05, 0) is 38.6 Å². The summed E-state index contributed by atoms with van der Waals surface area (Å²) >= 11 is 0. The third-order valence-corrected chi connectivity index (χ3v) is 4.28. The molecule has 3 heteroatoms. The summed E-state index contributed by atoms with van der Waals surface area (Å²) in [5.41, 5.74) is 1.52. The summed E-state index contributed by atoms with van der Waals surface area (Å²) in [5, 5.41) is 0. The van der Waals surface area contributed by atoms with Gasteiger partial charge in [0.1, 0.15) is 6.29 Å². The van der Waals surface area contributed by atoms with Crippen molar-refractivity contribution < 1.29 is 4.79 Å². The van der Waals surface area contributed by atoms with E-state index in [2.05, 4.69) is 25.9 Å². The third-order valence-electron chi connectivity index (χ3n) is 4.28. The van der Waals surface area contributed by atoms with Gasteiger partial charge in [-0.25, -0.2) is 0 Å². The van der Waals surface area contributed by atoms with Gasteiger partial charge in [0.25, 0.3) is 0 Å². The lowest BCUT2D eigenvalue weighted by molar-refractivity contribution is -0.112. The first-order valence-corrected chi connectivity index (χ1v) is 7.34. The molecule has 0 saturated heterocycles. The van der Waals surface area contributed by atoms with E-state index in [1.165, 1.54) is 0 Å². The van der Waals surface area contributed by atoms with Gasteiger partial charge in [0.05, 0.1) is 5.41 Å². The molecule has 0 spiro atoms. The van der Waals surface area contributed by atoms with Gasteiger partial charge in [0, 0.05) is 6.04 Å². The van der Waals surface area contributed by atoms with Crippen LogP contribution in [0.25, 0.3) is 0 Å². The summed E-state index contributed by atoms with van der Waals surface area (Å²) in [6, 6.07) is 20.4. The molecule has 0 saturated carbocycles. The minimum Gasteiger partial charge on any atom is -0.307 e. The van der Waals surface area contributed by atoms with Gasteiger partial charge >= 0.3 is 0 Å². The molecule has 2 nitrogen and oxygen atoms in total. The van der Waals surface area contributed by atoms with Crippen LogP contribution in [0.3, 0.4) is 0 Å². The number of carbonyl (C=O) groups is 1. The van der Waals surface area contributed by atoms with Gasteiger partial charge in [-0.3, -0.25) is 0 Å². The molecule has 2 rings (SSSR count). The van der Waals surface area contributed by atoms with Crippen molar-refractivity contribution in [2.24, 2.45) is 0 Å². The number of hydrogen-bond donors (Lipinski definition) is 0. The van der Waals surface area contributed by atoms with Crippen molar-refractivity contribution in [1.29, 1.82) is 0 Å². The zero-order valence-electron chi connectivity index (χ0n) is 13.4. The number of aldehydes is 1. The quantitative estimate of drug-likeness (QED) is 0.752. The highest BCUT2D eigenvalue weighted by Crippen LogP contribution is 2.35. The van der Waals surface area contributed by atoms with Crippen LogP contribution in [0.5, 0.6) is 0 Å². The molecule has 2 aromatic carbocycles. The summed E-state index contributed by atoms with van der Waals surface area (Å²) in [7, 11) is 4.10. The van der Waals surface area contributed by atoms with Gasteiger partial charge < -0.3 is 9.69 Å². The number of carbonyl (C=O) groups excluding carboxylic acids is 1. The molecule has 0 aliphatic carbocycles. The first-order valence-electron chi connectivity index (χ1n) is 7.34. The molecule has 22 heavy (non-hydrogen) atoms. The van der Waals surface area contributed by atoms with E-state index >= 15 is 0 Å². The van der Waals surface area contributed by atoms with E-state index in [-0.39, 0.29) is 12.4 Å². The van der Waals surface area contributed by atoms with Crippen LogP contribution < -0.4 is 0 Å². The Morgan fingerprint density at radius 2 is 1.36 bits per heavy atom. The third kappa shape index (κ3) is 3.76. The van der Waals surface area contributed by atoms with E-state index in [1.54, 1.807) is 0 Å². The fourth-order valence-corrected chi connectivity index (χ4v) is 2.71. The minimum atomic E-state index is -0.591. The Morgan fingerprint density at radius 3 is 1.68 bits per heavy atom. The predicted molar refractivity (Wildman–Crippen MR) is 94.7 cm³/mol. The molecule has 0 aliphatic heterocycles. The van der Waals surface area contributed by atoms with Crippen molar-refractivity contribution in [2.75, 3.05) is 14.1 Å². The second-order valence-corrected chi connectivity index (χ2v) is 5.84. The lowest BCUT2D eigenvalue weighted by atomic mass is 9.71. The number of nitrogens with zero attached hydrogens (tertiary/aromatic N) is 1. The summed E-state index contributed by atoms with van der Waals surface area (Å²) in [6.07, 6.45) is 1.87. The van der Waals surface area contributed by atoms with Gasteiger partial charge in [-0.2, -0.15) is 0 Å². The lowest BCUT2D eigenvalue weighted by Crippen LogP contribution is -2.38. The van der Waals surface area contributed by atoms with Gasteiger partial charge in [0.2, 0.25) is 0 Å². The Morgan fingerprint density at radius 1 is 0.955 bits per heavy atom. The van der Waals surface area contributed by atoms with E-state index in [0.29, 0.717) is 6.04 Å². The number of hydrogen-bond acceptors (Lipinski definition) is 2. The molecule has 1 atom stereocenters. The first kappa shape index (κ1) is 18.4. The van der Waals surface area contributed by atoms with Crippen LogP contribution in [-0.4, -0.2) is 31.3 Å². The summed E-state index contributed by atoms with van der Waals surface area (Å²) in [4.78, 5) is 14.3. The molecule has 0 fully saturated rings. The van der Waals surface area contributed by atoms with Crippen molar-refractivity contribution in [3.05, 3.63) is 71.8 Å². The Labute approximate surface area is 139 Å². The van der Waals surface area contributed by atoms with E-state index < -0.39 is 5.41 Å². The molecule has 2 aromatic rings. The maximum Gasteiger partial charge on any atom is 0.134 e. The molecule has 0 aromatic heterocycles. The minimum absolute atomic E-state index is 0. The molecule has 0 bridgehead atoms. The number of halogens is 1. The van der Waals surface area contributed by atoms with E-state index in [1.807, 2.05) is 60.7 Å². The van der Waals surface area contributed by atoms with Crippen molar-refractivity contribution in [3.63, 3.8) is 0 Å². The van der Waals surface area contributed by atoms with Crippen LogP contribution in [0.2, 0.25) is 0 Å². The van der Waals surface area contributed by atoms with Crippen LogP contribution in [-0.2, 0) is 10.2 Å². The van der Waals surface area contributed by atoms with E-state index in [9.17, 15) is 4.79 Å². The highest BCUT2D eigenvalue weighted by atomic mass is 35.5. The van der Waals surface area contributed by atoms with Gasteiger partial charge in [0.15, 0.2) is 0 Å². The zero-order valence-corrected chi connectivity index (χ0v) is 14.2. The molecule has 1 unspecified atom stereocenters. The van der Waals surface area contributed by atoms with Crippen LogP contribution in [0.4, 0.5) is 0 Å². The van der Waals surface area contributed by atoms with Crippen molar-refractivity contribution in [1.82, 2.24) is 4.90 Å². The Kier molecular flexibility index (Phi) is 6.79. The van der Waals surface area contributed by atoms with Crippen molar-refractivity contribution >= 4 is 18.7 Å². The topological polar surface area (TPSA) is 20.3 Å². The molecular weight excluding hydrogens is 294 g/mol. The molecule has 0 aliphatic rings. The Bertz CT molecular complexity index is 529. The van der Waals surface area contributed by atoms with Crippen LogP contribution in [0, 0.1) is 0 Å². The maximum atomic E-state index is 12.2. The SMILES string of the molecule is CC(CC(C=O)(c1ccccc1)c1ccccc1)N(C)C.Cl. The molecule has 0 amide bonds. The molecular formula is C19H24ClNO. The first-order chi connectivity index (χ1) is 10.1. The molecule has 118 valence electrons. The molecule has 0 radical (unpaired) electrons. The average Bonchev–Trinajstić information content (AvgIpc) is 2.54. The van der Waals surface area contributed by atoms with Gasteiger partial charge in [-0.1, -0.05) is 60.7 Å². The fourth-order valence-electron chi connectivity index (χ4n) is 2.71. The second kappa shape index (κ2) is 8.11. The van der Waals surface area contributed by atoms with E-state index in [4.69, 9.17) is 0 Å². The maximum absolute atomic E-state index is 12.2. The monoisotopic (exact) mass is 317 g/mol. The molecule has 0 heterocycles. The summed E-state index contributed by atoms with van der Waals surface area (Å²) < 4.78 is 0. The highest BCUT2D eigenvalue weighted by molar-refractivity contribution is 5.85. The Hall–Kier alpha value is -1.64. The smallest absolute Gasteiger partial charge is 0.134 e.